The maximum Gasteiger partial charge on any atom is 0.308 e. The van der Waals surface area contributed by atoms with Crippen LogP contribution in [0.15, 0.2) is 36.9 Å². The van der Waals surface area contributed by atoms with E-state index >= 15 is 0 Å². The van der Waals surface area contributed by atoms with Gasteiger partial charge in [0, 0.05) is 49.4 Å². The number of aliphatic carboxylic acids is 1. The number of likely N-dealkylation sites (tertiary alicyclic amines) is 1. The summed E-state index contributed by atoms with van der Waals surface area (Å²) >= 11 is 1.56. The Morgan fingerprint density at radius 1 is 1.13 bits per heavy atom. The fourth-order valence-electron chi connectivity index (χ4n) is 6.73. The summed E-state index contributed by atoms with van der Waals surface area (Å²) in [6, 6.07) is 7.21. The molecule has 5 atom stereocenters. The Kier molecular flexibility index (Phi) is 9.08. The molecule has 2 bridgehead atoms. The maximum atomic E-state index is 14.4. The Hall–Kier alpha value is -2.52. The Morgan fingerprint density at radius 3 is 2.39 bits per heavy atom. The third-order valence-corrected chi connectivity index (χ3v) is 10.4. The average Bonchev–Trinajstić information content (AvgIpc) is 3.55. The van der Waals surface area contributed by atoms with Gasteiger partial charge in [0.1, 0.15) is 6.04 Å². The molecule has 8 nitrogen and oxygen atoms in total. The van der Waals surface area contributed by atoms with Crippen LogP contribution in [0.4, 0.5) is 11.4 Å². The number of hydrogen-bond donors (Lipinski definition) is 2. The van der Waals surface area contributed by atoms with Gasteiger partial charge in [0.25, 0.3) is 5.91 Å². The molecule has 3 fully saturated rings. The average molecular weight is 544 g/mol. The van der Waals surface area contributed by atoms with Crippen LogP contribution in [0.1, 0.15) is 52.4 Å². The number of carbonyl (C=O) groups excluding carboxylic acids is 2. The number of anilines is 2. The van der Waals surface area contributed by atoms with Gasteiger partial charge in [-0.3, -0.25) is 14.4 Å². The molecule has 0 aromatic heterocycles. The first kappa shape index (κ1) is 28.5. The van der Waals surface area contributed by atoms with E-state index in [1.165, 1.54) is 0 Å². The number of aliphatic hydroxyl groups is 1. The highest BCUT2D eigenvalue weighted by Gasteiger charge is 2.74. The highest BCUT2D eigenvalue weighted by molar-refractivity contribution is 8.02. The zero-order valence-corrected chi connectivity index (χ0v) is 23.4. The minimum absolute atomic E-state index is 0.135. The van der Waals surface area contributed by atoms with Crippen LogP contribution in [-0.4, -0.2) is 81.7 Å². The summed E-state index contributed by atoms with van der Waals surface area (Å²) in [4.78, 5) is 46.2. The fourth-order valence-corrected chi connectivity index (χ4v) is 8.94. The van der Waals surface area contributed by atoms with Gasteiger partial charge in [-0.25, -0.2) is 0 Å². The first-order chi connectivity index (χ1) is 18.3. The number of carbonyl (C=O) groups is 3. The molecule has 3 heterocycles. The van der Waals surface area contributed by atoms with Crippen LogP contribution in [-0.2, 0) is 14.4 Å². The predicted molar refractivity (Wildman–Crippen MR) is 152 cm³/mol. The molecule has 3 saturated heterocycles. The van der Waals surface area contributed by atoms with Crippen molar-refractivity contribution in [3.63, 3.8) is 0 Å². The highest BCUT2D eigenvalue weighted by Crippen LogP contribution is 2.66. The van der Waals surface area contributed by atoms with E-state index in [-0.39, 0.29) is 23.7 Å². The molecule has 208 valence electrons. The lowest BCUT2D eigenvalue weighted by molar-refractivity contribution is -0.148. The molecule has 3 aliphatic heterocycles. The molecule has 4 rings (SSSR count). The maximum absolute atomic E-state index is 14.4. The first-order valence-electron chi connectivity index (χ1n) is 13.9. The number of carboxylic acids is 1. The van der Waals surface area contributed by atoms with E-state index in [2.05, 4.69) is 25.3 Å². The number of carboxylic acid groups (broad SMARTS) is 1. The Morgan fingerprint density at radius 2 is 1.79 bits per heavy atom. The van der Waals surface area contributed by atoms with Crippen LogP contribution < -0.4 is 9.80 Å². The van der Waals surface area contributed by atoms with Crippen molar-refractivity contribution in [2.24, 2.45) is 11.8 Å². The Balaban J connectivity index is 1.67. The minimum atomic E-state index is -0.937. The third kappa shape index (κ3) is 4.95. The molecule has 1 aromatic rings. The van der Waals surface area contributed by atoms with Gasteiger partial charge in [-0.05, 0) is 63.8 Å². The number of fused-ring (bicyclic) bond motifs is 1. The molecule has 9 heteroatoms. The molecule has 38 heavy (non-hydrogen) atoms. The number of amides is 2. The van der Waals surface area contributed by atoms with E-state index in [4.69, 9.17) is 5.11 Å². The molecule has 3 aliphatic rings. The lowest BCUT2D eigenvalue weighted by atomic mass is 9.71. The minimum Gasteiger partial charge on any atom is -0.481 e. The van der Waals surface area contributed by atoms with Crippen molar-refractivity contribution in [1.29, 1.82) is 0 Å². The predicted octanol–water partition coefficient (Wildman–Crippen LogP) is 3.78. The van der Waals surface area contributed by atoms with Crippen molar-refractivity contribution in [3.05, 3.63) is 36.9 Å². The van der Waals surface area contributed by atoms with Gasteiger partial charge in [0.15, 0.2) is 0 Å². The molecule has 0 saturated carbocycles. The molecule has 0 aliphatic carbocycles. The first-order valence-corrected chi connectivity index (χ1v) is 14.8. The molecule has 1 aromatic carbocycles. The lowest BCUT2D eigenvalue weighted by Gasteiger charge is -2.37. The van der Waals surface area contributed by atoms with Crippen LogP contribution in [0.25, 0.3) is 0 Å². The van der Waals surface area contributed by atoms with Gasteiger partial charge in [-0.1, -0.05) is 18.9 Å². The SMILES string of the molecule is C=CCN(C(=O)C1N(CCCCCCO)C(=O)[C@@H]2[C@@H](C(=O)O)[C@H]3CCC12S3)c1ccc(N(CC)CC)cc1. The Bertz CT molecular complexity index is 1030. The summed E-state index contributed by atoms with van der Waals surface area (Å²) in [6.07, 6.45) is 6.18. The van der Waals surface area contributed by atoms with E-state index in [9.17, 15) is 19.5 Å². The normalized spacial score (nSPS) is 27.4. The van der Waals surface area contributed by atoms with Crippen LogP contribution in [0.3, 0.4) is 0 Å². The second kappa shape index (κ2) is 12.1. The smallest absolute Gasteiger partial charge is 0.308 e. The molecular weight excluding hydrogens is 502 g/mol. The van der Waals surface area contributed by atoms with Crippen LogP contribution in [0.2, 0.25) is 0 Å². The van der Waals surface area contributed by atoms with Crippen molar-refractivity contribution >= 4 is 40.9 Å². The monoisotopic (exact) mass is 543 g/mol. The van der Waals surface area contributed by atoms with Crippen molar-refractivity contribution in [3.8, 4) is 0 Å². The van der Waals surface area contributed by atoms with Crippen molar-refractivity contribution in [1.82, 2.24) is 4.90 Å². The van der Waals surface area contributed by atoms with Gasteiger partial charge >= 0.3 is 5.97 Å². The Labute approximate surface area is 230 Å². The molecule has 2 N–H and O–H groups in total. The quantitative estimate of drug-likeness (QED) is 0.272. The summed E-state index contributed by atoms with van der Waals surface area (Å²) in [7, 11) is 0. The standard InChI is InChI=1S/C29H41N3O5S/c1-4-17-31(21-13-11-20(12-14-21)30(5-2)6-3)27(35)25-29-16-15-22(38-29)23(28(36)37)24(29)26(34)32(25)18-9-7-8-10-19-33/h4,11-14,22-25,33H,1,5-10,15-19H2,2-3H3,(H,36,37)/t22-,23+,24+,25?,29?/m1/s1. The van der Waals surface area contributed by atoms with E-state index in [1.807, 2.05) is 24.3 Å². The second-order valence-corrected chi connectivity index (χ2v) is 12.1. The van der Waals surface area contributed by atoms with Gasteiger partial charge in [0.2, 0.25) is 5.91 Å². The molecule has 2 unspecified atom stereocenters. The number of benzene rings is 1. The number of hydrogen-bond acceptors (Lipinski definition) is 6. The van der Waals surface area contributed by atoms with E-state index < -0.39 is 28.6 Å². The topological polar surface area (TPSA) is 101 Å². The molecule has 2 amide bonds. The number of thioether (sulfide) groups is 1. The number of aliphatic hydroxyl groups excluding tert-OH is 1. The number of rotatable bonds is 14. The van der Waals surface area contributed by atoms with Gasteiger partial charge in [-0.2, -0.15) is 0 Å². The van der Waals surface area contributed by atoms with Gasteiger partial charge < -0.3 is 24.9 Å². The zero-order valence-electron chi connectivity index (χ0n) is 22.6. The number of nitrogens with zero attached hydrogens (tertiary/aromatic N) is 3. The van der Waals surface area contributed by atoms with E-state index in [1.54, 1.807) is 27.6 Å². The molecule has 0 radical (unpaired) electrons. The van der Waals surface area contributed by atoms with Crippen molar-refractivity contribution in [2.45, 2.75) is 68.4 Å². The largest absolute Gasteiger partial charge is 0.481 e. The van der Waals surface area contributed by atoms with Crippen molar-refractivity contribution in [2.75, 3.05) is 42.6 Å². The fraction of sp³-hybridized carbons (Fsp3) is 0.621. The number of unbranched alkanes of at least 4 members (excludes halogenated alkanes) is 3. The highest BCUT2D eigenvalue weighted by atomic mass is 32.2. The third-order valence-electron chi connectivity index (χ3n) is 8.49. The zero-order chi connectivity index (χ0) is 27.4. The summed E-state index contributed by atoms with van der Waals surface area (Å²) in [5, 5.41) is 19.0. The summed E-state index contributed by atoms with van der Waals surface area (Å²) in [6.45, 7) is 10.7. The van der Waals surface area contributed by atoms with Gasteiger partial charge in [0.05, 0.1) is 16.6 Å². The summed E-state index contributed by atoms with van der Waals surface area (Å²) in [5.74, 6) is -2.72. The van der Waals surface area contributed by atoms with E-state index in [0.717, 1.165) is 37.3 Å². The van der Waals surface area contributed by atoms with Crippen LogP contribution in [0, 0.1) is 11.8 Å². The summed E-state index contributed by atoms with van der Waals surface area (Å²) in [5.41, 5.74) is 1.83. The lowest BCUT2D eigenvalue weighted by Crippen LogP contribution is -2.55. The summed E-state index contributed by atoms with van der Waals surface area (Å²) < 4.78 is -0.715. The molecule has 1 spiro atoms. The van der Waals surface area contributed by atoms with Crippen molar-refractivity contribution < 1.29 is 24.6 Å². The van der Waals surface area contributed by atoms with E-state index in [0.29, 0.717) is 38.8 Å². The molecular formula is C29H41N3O5S. The van der Waals surface area contributed by atoms with Crippen LogP contribution in [0.5, 0.6) is 0 Å². The second-order valence-electron chi connectivity index (χ2n) is 10.5. The van der Waals surface area contributed by atoms with Gasteiger partial charge in [-0.15, -0.1) is 18.3 Å². The van der Waals surface area contributed by atoms with Crippen LogP contribution >= 0.6 is 11.8 Å².